The van der Waals surface area contributed by atoms with Crippen molar-refractivity contribution < 1.29 is 31.9 Å². The first-order chi connectivity index (χ1) is 22.5. The van der Waals surface area contributed by atoms with Crippen LogP contribution in [0.3, 0.4) is 0 Å². The minimum absolute atomic E-state index is 0.124. The predicted octanol–water partition coefficient (Wildman–Crippen LogP) is 5.43. The zero-order chi connectivity index (χ0) is 34.1. The summed E-state index contributed by atoms with van der Waals surface area (Å²) in [4.78, 5) is 29.3. The summed E-state index contributed by atoms with van der Waals surface area (Å²) in [5, 5.41) is 2.80. The number of aryl methyl sites for hydroxylation is 2. The van der Waals surface area contributed by atoms with Crippen LogP contribution in [0.1, 0.15) is 29.2 Å². The van der Waals surface area contributed by atoms with Crippen LogP contribution >= 0.6 is 0 Å². The van der Waals surface area contributed by atoms with Crippen molar-refractivity contribution in [2.75, 3.05) is 31.6 Å². The fourth-order valence-corrected chi connectivity index (χ4v) is 6.80. The number of anilines is 1. The number of carbonyl (C=O) groups excluding carboxylic acids is 2. The van der Waals surface area contributed by atoms with E-state index in [-0.39, 0.29) is 34.9 Å². The van der Waals surface area contributed by atoms with Crippen molar-refractivity contribution in [2.24, 2.45) is 0 Å². The van der Waals surface area contributed by atoms with Gasteiger partial charge in [0.2, 0.25) is 11.8 Å². The molecule has 0 aliphatic rings. The summed E-state index contributed by atoms with van der Waals surface area (Å²) >= 11 is 0. The molecule has 9 nitrogen and oxygen atoms in total. The van der Waals surface area contributed by atoms with E-state index in [2.05, 4.69) is 5.32 Å². The van der Waals surface area contributed by atoms with Crippen LogP contribution in [0.2, 0.25) is 0 Å². The second-order valence-electron chi connectivity index (χ2n) is 11.1. The monoisotopic (exact) mass is 661 g/mol. The van der Waals surface area contributed by atoms with Crippen LogP contribution in [0, 0.1) is 19.7 Å². The minimum Gasteiger partial charge on any atom is -0.493 e. The van der Waals surface area contributed by atoms with Gasteiger partial charge in [-0.2, -0.15) is 0 Å². The number of methoxy groups -OCH3 is 2. The SMILES string of the molecule is CCNC(=O)[C@@H](Cc1ccccc1)N(Cc1ccccc1F)C(=O)CN(c1cc(C)cc(C)c1)S(=O)(=O)c1ccc(OC)c(OC)c1. The van der Waals surface area contributed by atoms with E-state index >= 15 is 4.39 Å². The van der Waals surface area contributed by atoms with Crippen LogP contribution in [0.15, 0.2) is 95.9 Å². The molecule has 0 radical (unpaired) electrons. The maximum absolute atomic E-state index is 15.0. The molecule has 47 heavy (non-hydrogen) atoms. The number of halogens is 1. The fourth-order valence-electron chi connectivity index (χ4n) is 5.38. The molecule has 0 saturated carbocycles. The van der Waals surface area contributed by atoms with E-state index in [9.17, 15) is 18.0 Å². The quantitative estimate of drug-likeness (QED) is 0.193. The van der Waals surface area contributed by atoms with E-state index in [1.54, 1.807) is 25.1 Å². The lowest BCUT2D eigenvalue weighted by atomic mass is 10.0. The molecule has 0 aromatic heterocycles. The van der Waals surface area contributed by atoms with Gasteiger partial charge in [0.1, 0.15) is 18.4 Å². The van der Waals surface area contributed by atoms with Gasteiger partial charge >= 0.3 is 0 Å². The van der Waals surface area contributed by atoms with Crippen LogP contribution < -0.4 is 19.1 Å². The van der Waals surface area contributed by atoms with Gasteiger partial charge in [-0.15, -0.1) is 0 Å². The highest BCUT2D eigenvalue weighted by Crippen LogP contribution is 2.33. The maximum atomic E-state index is 15.0. The Bertz CT molecular complexity index is 1800. The van der Waals surface area contributed by atoms with Crippen molar-refractivity contribution in [3.63, 3.8) is 0 Å². The summed E-state index contributed by atoms with van der Waals surface area (Å²) in [5.41, 5.74) is 2.79. The molecule has 248 valence electrons. The summed E-state index contributed by atoms with van der Waals surface area (Å²) in [6.45, 7) is 4.78. The van der Waals surface area contributed by atoms with Crippen molar-refractivity contribution in [3.05, 3.63) is 119 Å². The summed E-state index contributed by atoms with van der Waals surface area (Å²) < 4.78 is 55.5. The molecule has 0 unspecified atom stereocenters. The zero-order valence-electron chi connectivity index (χ0n) is 27.2. The molecule has 0 fully saturated rings. The van der Waals surface area contributed by atoms with E-state index in [0.717, 1.165) is 21.0 Å². The fraction of sp³-hybridized carbons (Fsp3) is 0.278. The Morgan fingerprint density at radius 2 is 1.49 bits per heavy atom. The Kier molecular flexibility index (Phi) is 11.6. The molecule has 0 saturated heterocycles. The first kappa shape index (κ1) is 35.0. The maximum Gasteiger partial charge on any atom is 0.264 e. The number of hydrogen-bond acceptors (Lipinski definition) is 6. The third-order valence-electron chi connectivity index (χ3n) is 7.64. The Labute approximate surface area is 276 Å². The summed E-state index contributed by atoms with van der Waals surface area (Å²) in [7, 11) is -1.56. The number of sulfonamides is 1. The normalized spacial score (nSPS) is 11.8. The number of nitrogens with one attached hydrogen (secondary N) is 1. The van der Waals surface area contributed by atoms with E-state index in [1.165, 1.54) is 55.5 Å². The molecule has 0 heterocycles. The number of ether oxygens (including phenoxy) is 2. The van der Waals surface area contributed by atoms with Gasteiger partial charge in [0.15, 0.2) is 11.5 Å². The lowest BCUT2D eigenvalue weighted by Crippen LogP contribution is -2.53. The number of benzene rings is 4. The number of carbonyl (C=O) groups is 2. The molecule has 2 amide bonds. The Balaban J connectivity index is 1.85. The first-order valence-electron chi connectivity index (χ1n) is 15.2. The van der Waals surface area contributed by atoms with Gasteiger partial charge in [-0.05, 0) is 67.8 Å². The topological polar surface area (TPSA) is 105 Å². The highest BCUT2D eigenvalue weighted by Gasteiger charge is 2.35. The molecule has 1 atom stereocenters. The van der Waals surface area contributed by atoms with Gasteiger partial charge in [-0.1, -0.05) is 54.6 Å². The molecule has 4 aromatic rings. The van der Waals surface area contributed by atoms with Gasteiger partial charge < -0.3 is 19.7 Å². The summed E-state index contributed by atoms with van der Waals surface area (Å²) in [6.07, 6.45) is 0.124. The van der Waals surface area contributed by atoms with Crippen molar-refractivity contribution in [3.8, 4) is 11.5 Å². The van der Waals surface area contributed by atoms with E-state index in [1.807, 2.05) is 50.2 Å². The van der Waals surface area contributed by atoms with Gasteiger partial charge in [-0.3, -0.25) is 13.9 Å². The highest BCUT2D eigenvalue weighted by molar-refractivity contribution is 7.92. The standard InChI is InChI=1S/C36H40FN3O6S/c1-6-38-36(42)32(21-27-12-8-7-9-13-27)39(23-28-14-10-11-15-31(28)37)35(41)24-40(29-19-25(2)18-26(3)20-29)47(43,44)30-16-17-33(45-4)34(22-30)46-5/h7-20,22,32H,6,21,23-24H2,1-5H3,(H,38,42)/t32-/m1/s1. The van der Waals surface area contributed by atoms with Crippen molar-refractivity contribution >= 4 is 27.5 Å². The molecule has 0 aliphatic heterocycles. The molecule has 11 heteroatoms. The van der Waals surface area contributed by atoms with Gasteiger partial charge in [0, 0.05) is 31.1 Å². The number of amides is 2. The van der Waals surface area contributed by atoms with Gasteiger partial charge in [0.05, 0.1) is 24.8 Å². The average Bonchev–Trinajstić information content (AvgIpc) is 3.05. The molecule has 4 aromatic carbocycles. The first-order valence-corrected chi connectivity index (χ1v) is 16.6. The Morgan fingerprint density at radius 1 is 0.851 bits per heavy atom. The smallest absolute Gasteiger partial charge is 0.264 e. The highest BCUT2D eigenvalue weighted by atomic mass is 32.2. The van der Waals surface area contributed by atoms with Crippen LogP contribution in [-0.4, -0.2) is 58.5 Å². The Hall–Kier alpha value is -4.90. The zero-order valence-corrected chi connectivity index (χ0v) is 28.0. The number of hydrogen-bond donors (Lipinski definition) is 1. The lowest BCUT2D eigenvalue weighted by Gasteiger charge is -2.34. The molecular formula is C36H40FN3O6S. The van der Waals surface area contributed by atoms with Gasteiger partial charge in [0.25, 0.3) is 10.0 Å². The second-order valence-corrected chi connectivity index (χ2v) is 12.9. The Morgan fingerprint density at radius 3 is 2.11 bits per heavy atom. The molecule has 0 spiro atoms. The van der Waals surface area contributed by atoms with Crippen LogP contribution in [0.4, 0.5) is 10.1 Å². The number of nitrogens with zero attached hydrogens (tertiary/aromatic N) is 2. The second kappa shape index (κ2) is 15.6. The van der Waals surface area contributed by atoms with E-state index in [4.69, 9.17) is 9.47 Å². The van der Waals surface area contributed by atoms with Crippen molar-refractivity contribution in [1.29, 1.82) is 0 Å². The predicted molar refractivity (Wildman–Crippen MR) is 180 cm³/mol. The van der Waals surface area contributed by atoms with E-state index in [0.29, 0.717) is 12.3 Å². The third-order valence-corrected chi connectivity index (χ3v) is 9.41. The third kappa shape index (κ3) is 8.48. The van der Waals surface area contributed by atoms with Crippen LogP contribution in [0.5, 0.6) is 11.5 Å². The summed E-state index contributed by atoms with van der Waals surface area (Å²) in [5.74, 6) is -1.16. The van der Waals surface area contributed by atoms with Gasteiger partial charge in [-0.25, -0.2) is 12.8 Å². The molecule has 4 rings (SSSR count). The minimum atomic E-state index is -4.39. The molecule has 1 N–H and O–H groups in total. The van der Waals surface area contributed by atoms with Crippen LogP contribution in [-0.2, 0) is 32.6 Å². The molecule has 0 aliphatic carbocycles. The average molecular weight is 662 g/mol. The molecular weight excluding hydrogens is 621 g/mol. The summed E-state index contributed by atoms with van der Waals surface area (Å²) in [6, 6.07) is 23.5. The van der Waals surface area contributed by atoms with Crippen molar-refractivity contribution in [2.45, 2.75) is 44.7 Å². The van der Waals surface area contributed by atoms with E-state index < -0.39 is 40.2 Å². The largest absolute Gasteiger partial charge is 0.493 e. The lowest BCUT2D eigenvalue weighted by molar-refractivity contribution is -0.140. The van der Waals surface area contributed by atoms with Crippen LogP contribution in [0.25, 0.3) is 0 Å². The molecule has 0 bridgehead atoms. The number of rotatable bonds is 14. The van der Waals surface area contributed by atoms with Crippen molar-refractivity contribution in [1.82, 2.24) is 10.2 Å². The number of likely N-dealkylation sites (N-methyl/N-ethyl adjacent to an activating group) is 1.